The SMILES string of the molecule is C=C1C(=O)O[C@]2(C)CC[C@@H]1C[C@@H]1O[C@@]1(C)CC[C@H]1O[C@]1(C)C=CC2=O. The van der Waals surface area contributed by atoms with Gasteiger partial charge in [-0.15, -0.1) is 0 Å². The third kappa shape index (κ3) is 2.87. The van der Waals surface area contributed by atoms with Crippen molar-refractivity contribution < 1.29 is 23.8 Å². The molecule has 0 aromatic heterocycles. The normalized spacial score (nSPS) is 49.6. The molecule has 4 rings (SSSR count). The largest absolute Gasteiger partial charge is 0.448 e. The first-order chi connectivity index (χ1) is 11.7. The molecule has 3 saturated heterocycles. The molecule has 0 spiro atoms. The standard InChI is InChI=1S/C20H26O5/c1-12-13-5-8-18(2,25-17(12)22)14(21)6-9-19(3)15(23-19)7-10-20(4)16(11-13)24-20/h6,9,13,15-16H,1,5,7-8,10-11H2,2-4H3/t13-,15-,16+,18-,19-,20+/m1/s1. The molecule has 136 valence electrons. The summed E-state index contributed by atoms with van der Waals surface area (Å²) in [6, 6.07) is 0. The highest BCUT2D eigenvalue weighted by atomic mass is 16.6. The van der Waals surface area contributed by atoms with E-state index in [1.54, 1.807) is 6.92 Å². The molecule has 5 heteroatoms. The summed E-state index contributed by atoms with van der Waals surface area (Å²) in [5.41, 5.74) is -1.22. The van der Waals surface area contributed by atoms with Crippen molar-refractivity contribution in [2.45, 2.75) is 81.9 Å². The van der Waals surface area contributed by atoms with Gasteiger partial charge in [0.2, 0.25) is 0 Å². The number of esters is 1. The van der Waals surface area contributed by atoms with Crippen LogP contribution in [0.15, 0.2) is 24.3 Å². The second-order valence-corrected chi connectivity index (χ2v) is 8.56. The topological polar surface area (TPSA) is 68.4 Å². The number of ether oxygens (including phenoxy) is 3. The van der Waals surface area contributed by atoms with Crippen LogP contribution in [0.5, 0.6) is 0 Å². The lowest BCUT2D eigenvalue weighted by Gasteiger charge is -2.24. The number of fused-ring (bicyclic) bond motifs is 5. The maximum absolute atomic E-state index is 12.7. The van der Waals surface area contributed by atoms with Gasteiger partial charge in [0.25, 0.3) is 0 Å². The van der Waals surface area contributed by atoms with E-state index in [4.69, 9.17) is 14.2 Å². The third-order valence-electron chi connectivity index (χ3n) is 6.54. The van der Waals surface area contributed by atoms with Crippen LogP contribution >= 0.6 is 0 Å². The molecule has 4 aliphatic rings. The molecular formula is C20H26O5. The highest BCUT2D eigenvalue weighted by Crippen LogP contribution is 2.50. The lowest BCUT2D eigenvalue weighted by atomic mass is 9.83. The van der Waals surface area contributed by atoms with Gasteiger partial charge in [-0.3, -0.25) is 4.79 Å². The second kappa shape index (κ2) is 5.27. The van der Waals surface area contributed by atoms with Crippen LogP contribution < -0.4 is 0 Å². The number of carbonyl (C=O) groups is 2. The Kier molecular flexibility index (Phi) is 3.58. The number of hydrogen-bond acceptors (Lipinski definition) is 5. The van der Waals surface area contributed by atoms with Crippen molar-refractivity contribution in [3.8, 4) is 0 Å². The Bertz CT molecular complexity index is 682. The first kappa shape index (κ1) is 17.0. The molecule has 0 aromatic rings. The first-order valence-electron chi connectivity index (χ1n) is 9.17. The first-order valence-corrected chi connectivity index (χ1v) is 9.17. The van der Waals surface area contributed by atoms with E-state index in [0.29, 0.717) is 18.4 Å². The molecule has 0 aromatic carbocycles. The number of epoxide rings is 2. The zero-order valence-corrected chi connectivity index (χ0v) is 15.2. The van der Waals surface area contributed by atoms with Crippen LogP contribution in [0.2, 0.25) is 0 Å². The van der Waals surface area contributed by atoms with Crippen molar-refractivity contribution in [3.63, 3.8) is 0 Å². The van der Waals surface area contributed by atoms with E-state index in [-0.39, 0.29) is 29.5 Å². The molecule has 0 amide bonds. The lowest BCUT2D eigenvalue weighted by Crippen LogP contribution is -2.38. The van der Waals surface area contributed by atoms with Crippen LogP contribution in [-0.4, -0.2) is 40.8 Å². The Labute approximate surface area is 148 Å². The summed E-state index contributed by atoms with van der Waals surface area (Å²) in [5.74, 6) is -0.645. The maximum atomic E-state index is 12.7. The highest BCUT2D eigenvalue weighted by Gasteiger charge is 2.57. The summed E-state index contributed by atoms with van der Waals surface area (Å²) >= 11 is 0. The molecule has 0 unspecified atom stereocenters. The molecule has 25 heavy (non-hydrogen) atoms. The number of rotatable bonds is 0. The van der Waals surface area contributed by atoms with Gasteiger partial charge >= 0.3 is 5.97 Å². The predicted molar refractivity (Wildman–Crippen MR) is 90.9 cm³/mol. The van der Waals surface area contributed by atoms with Crippen molar-refractivity contribution in [2.75, 3.05) is 0 Å². The minimum atomic E-state index is -1.14. The van der Waals surface area contributed by atoms with Crippen molar-refractivity contribution in [1.29, 1.82) is 0 Å². The Hall–Kier alpha value is -1.46. The van der Waals surface area contributed by atoms with E-state index in [1.165, 1.54) is 6.08 Å². The Balaban J connectivity index is 1.65. The summed E-state index contributed by atoms with van der Waals surface area (Å²) in [5, 5.41) is 0. The van der Waals surface area contributed by atoms with Crippen LogP contribution in [0, 0.1) is 5.92 Å². The Morgan fingerprint density at radius 2 is 1.84 bits per heavy atom. The van der Waals surface area contributed by atoms with Gasteiger partial charge in [0.1, 0.15) is 5.60 Å². The molecule has 0 saturated carbocycles. The average molecular weight is 346 g/mol. The molecular weight excluding hydrogens is 320 g/mol. The van der Waals surface area contributed by atoms with Crippen LogP contribution in [0.3, 0.4) is 0 Å². The van der Waals surface area contributed by atoms with Crippen LogP contribution in [0.1, 0.15) is 52.9 Å². The molecule has 6 atom stereocenters. The van der Waals surface area contributed by atoms with Gasteiger partial charge in [0.05, 0.1) is 17.8 Å². The Morgan fingerprint density at radius 3 is 2.60 bits per heavy atom. The van der Waals surface area contributed by atoms with Crippen LogP contribution in [0.25, 0.3) is 0 Å². The van der Waals surface area contributed by atoms with E-state index < -0.39 is 17.2 Å². The van der Waals surface area contributed by atoms with Gasteiger partial charge < -0.3 is 14.2 Å². The minimum Gasteiger partial charge on any atom is -0.448 e. The van der Waals surface area contributed by atoms with Gasteiger partial charge in [-0.05, 0) is 70.9 Å². The van der Waals surface area contributed by atoms with E-state index >= 15 is 0 Å². The van der Waals surface area contributed by atoms with E-state index in [1.807, 2.05) is 13.0 Å². The van der Waals surface area contributed by atoms with Gasteiger partial charge in [-0.25, -0.2) is 4.79 Å². The van der Waals surface area contributed by atoms with Crippen molar-refractivity contribution in [3.05, 3.63) is 24.3 Å². The quantitative estimate of drug-likeness (QED) is 0.383. The van der Waals surface area contributed by atoms with Crippen molar-refractivity contribution in [1.82, 2.24) is 0 Å². The fourth-order valence-electron chi connectivity index (χ4n) is 4.21. The average Bonchev–Trinajstić information content (AvgIpc) is 3.41. The molecule has 1 aliphatic carbocycles. The maximum Gasteiger partial charge on any atom is 0.334 e. The van der Waals surface area contributed by atoms with Gasteiger partial charge in [-0.2, -0.15) is 0 Å². The summed E-state index contributed by atoms with van der Waals surface area (Å²) in [6.07, 6.45) is 7.37. The smallest absolute Gasteiger partial charge is 0.334 e. The monoisotopic (exact) mass is 346 g/mol. The van der Waals surface area contributed by atoms with E-state index in [0.717, 1.165) is 19.3 Å². The lowest BCUT2D eigenvalue weighted by molar-refractivity contribution is -0.159. The molecule has 3 fully saturated rings. The molecule has 0 N–H and O–H groups in total. The van der Waals surface area contributed by atoms with E-state index in [9.17, 15) is 9.59 Å². The summed E-state index contributed by atoms with van der Waals surface area (Å²) in [6.45, 7) is 9.76. The number of carbonyl (C=O) groups excluding carboxylic acids is 2. The Morgan fingerprint density at radius 1 is 1.08 bits per heavy atom. The molecule has 5 nitrogen and oxygen atoms in total. The summed E-state index contributed by atoms with van der Waals surface area (Å²) < 4.78 is 17.3. The van der Waals surface area contributed by atoms with Crippen molar-refractivity contribution in [2.24, 2.45) is 5.92 Å². The third-order valence-corrected chi connectivity index (χ3v) is 6.54. The van der Waals surface area contributed by atoms with Gasteiger partial charge in [-0.1, -0.05) is 6.58 Å². The molecule has 3 heterocycles. The minimum absolute atomic E-state index is 0.00307. The van der Waals surface area contributed by atoms with Crippen LogP contribution in [0.4, 0.5) is 0 Å². The summed E-state index contributed by atoms with van der Waals surface area (Å²) in [4.78, 5) is 25.2. The fourth-order valence-corrected chi connectivity index (χ4v) is 4.21. The van der Waals surface area contributed by atoms with Crippen molar-refractivity contribution >= 4 is 11.8 Å². The number of hydrogen-bond donors (Lipinski definition) is 0. The zero-order valence-electron chi connectivity index (χ0n) is 15.2. The highest BCUT2D eigenvalue weighted by molar-refractivity contribution is 6.00. The molecule has 0 radical (unpaired) electrons. The summed E-state index contributed by atoms with van der Waals surface area (Å²) in [7, 11) is 0. The second-order valence-electron chi connectivity index (χ2n) is 8.56. The van der Waals surface area contributed by atoms with Gasteiger partial charge in [0, 0.05) is 5.57 Å². The predicted octanol–water partition coefficient (Wildman–Crippen LogP) is 2.88. The van der Waals surface area contributed by atoms with Crippen LogP contribution in [-0.2, 0) is 23.8 Å². The van der Waals surface area contributed by atoms with Gasteiger partial charge in [0.15, 0.2) is 11.4 Å². The fraction of sp³-hybridized carbons (Fsp3) is 0.700. The zero-order chi connectivity index (χ0) is 18.0. The molecule has 3 aliphatic heterocycles. The van der Waals surface area contributed by atoms with E-state index in [2.05, 4.69) is 13.5 Å². The number of ketones is 1. The molecule has 2 bridgehead atoms.